The van der Waals surface area contributed by atoms with E-state index in [1.807, 2.05) is 12.1 Å². The summed E-state index contributed by atoms with van der Waals surface area (Å²) in [5.74, 6) is 0.132. The molecule has 1 aliphatic carbocycles. The highest BCUT2D eigenvalue weighted by Gasteiger charge is 2.47. The van der Waals surface area contributed by atoms with Crippen LogP contribution in [-0.4, -0.2) is 26.9 Å². The molecule has 0 aromatic heterocycles. The highest BCUT2D eigenvalue weighted by molar-refractivity contribution is 7.89. The monoisotopic (exact) mass is 329 g/mol. The standard InChI is InChI=1S/C15H20ClNO3S/c16-13-5-3-12(4-6-13)15(8-9-15)17-21(18,19)11-7-14-2-1-10-20-14/h3-6,14,17H,1-2,7-11H2/t14-/m1/s1. The third-order valence-corrected chi connectivity index (χ3v) is 5.96. The van der Waals surface area contributed by atoms with Gasteiger partial charge in [0, 0.05) is 11.6 Å². The van der Waals surface area contributed by atoms with Crippen molar-refractivity contribution in [2.45, 2.75) is 43.7 Å². The SMILES string of the molecule is O=S(=O)(CC[C@H]1CCCO1)NC1(c2ccc(Cl)cc2)CC1. The van der Waals surface area contributed by atoms with Crippen molar-refractivity contribution in [3.8, 4) is 0 Å². The number of sulfonamides is 1. The lowest BCUT2D eigenvalue weighted by Gasteiger charge is -2.19. The Morgan fingerprint density at radius 1 is 1.29 bits per heavy atom. The quantitative estimate of drug-likeness (QED) is 0.873. The minimum atomic E-state index is -3.29. The van der Waals surface area contributed by atoms with Crippen LogP contribution in [0.25, 0.3) is 0 Å². The normalized spacial score (nSPS) is 24.1. The van der Waals surface area contributed by atoms with Gasteiger partial charge in [0.2, 0.25) is 10.0 Å². The van der Waals surface area contributed by atoms with Crippen molar-refractivity contribution in [3.63, 3.8) is 0 Å². The first-order chi connectivity index (χ1) is 9.99. The summed E-state index contributed by atoms with van der Waals surface area (Å²) >= 11 is 5.89. The van der Waals surface area contributed by atoms with Crippen molar-refractivity contribution >= 4 is 21.6 Å². The molecule has 0 amide bonds. The number of ether oxygens (including phenoxy) is 1. The van der Waals surface area contributed by atoms with Crippen molar-refractivity contribution in [1.29, 1.82) is 0 Å². The van der Waals surface area contributed by atoms with E-state index in [2.05, 4.69) is 4.72 Å². The molecule has 1 heterocycles. The van der Waals surface area contributed by atoms with Gasteiger partial charge in [0.15, 0.2) is 0 Å². The Balaban J connectivity index is 1.62. The van der Waals surface area contributed by atoms with Crippen LogP contribution in [-0.2, 0) is 20.3 Å². The van der Waals surface area contributed by atoms with E-state index in [0.29, 0.717) is 11.4 Å². The Labute approximate surface area is 130 Å². The van der Waals surface area contributed by atoms with Crippen LogP contribution in [0.2, 0.25) is 5.02 Å². The van der Waals surface area contributed by atoms with E-state index in [9.17, 15) is 8.42 Å². The lowest BCUT2D eigenvalue weighted by Crippen LogP contribution is -2.37. The molecule has 6 heteroatoms. The fraction of sp³-hybridized carbons (Fsp3) is 0.600. The molecule has 0 unspecified atom stereocenters. The topological polar surface area (TPSA) is 55.4 Å². The number of hydrogen-bond donors (Lipinski definition) is 1. The summed E-state index contributed by atoms with van der Waals surface area (Å²) in [6, 6.07) is 7.41. The first kappa shape index (κ1) is 15.3. The predicted octanol–water partition coefficient (Wildman–Crippen LogP) is 2.82. The van der Waals surface area contributed by atoms with Gasteiger partial charge in [-0.05, 0) is 49.8 Å². The third kappa shape index (κ3) is 3.77. The van der Waals surface area contributed by atoms with Gasteiger partial charge in [0.25, 0.3) is 0 Å². The van der Waals surface area contributed by atoms with Gasteiger partial charge in [-0.15, -0.1) is 0 Å². The van der Waals surface area contributed by atoms with E-state index >= 15 is 0 Å². The Bertz CT molecular complexity index is 590. The molecule has 0 radical (unpaired) electrons. The smallest absolute Gasteiger partial charge is 0.212 e. The van der Waals surface area contributed by atoms with Gasteiger partial charge in [0.05, 0.1) is 17.4 Å². The Hall–Kier alpha value is -0.620. The molecule has 4 nitrogen and oxygen atoms in total. The summed E-state index contributed by atoms with van der Waals surface area (Å²) in [5, 5.41) is 0.663. The maximum atomic E-state index is 12.3. The number of rotatable bonds is 6. The second-order valence-corrected chi connectivity index (χ2v) is 8.21. The Morgan fingerprint density at radius 3 is 2.57 bits per heavy atom. The summed E-state index contributed by atoms with van der Waals surface area (Å²) in [5.41, 5.74) is 0.576. The van der Waals surface area contributed by atoms with Gasteiger partial charge in [-0.2, -0.15) is 0 Å². The molecule has 2 aliphatic rings. The molecule has 1 aliphatic heterocycles. The molecule has 116 valence electrons. The average molecular weight is 330 g/mol. The summed E-state index contributed by atoms with van der Waals surface area (Å²) in [7, 11) is -3.29. The number of halogens is 1. The van der Waals surface area contributed by atoms with Crippen molar-refractivity contribution in [2.24, 2.45) is 0 Å². The van der Waals surface area contributed by atoms with Gasteiger partial charge in [0.1, 0.15) is 0 Å². The van der Waals surface area contributed by atoms with Crippen molar-refractivity contribution in [3.05, 3.63) is 34.9 Å². The first-order valence-corrected chi connectivity index (χ1v) is 9.41. The summed E-state index contributed by atoms with van der Waals surface area (Å²) < 4.78 is 32.9. The van der Waals surface area contributed by atoms with Gasteiger partial charge < -0.3 is 4.74 Å². The molecule has 1 aromatic rings. The van der Waals surface area contributed by atoms with Crippen LogP contribution in [0.3, 0.4) is 0 Å². The van der Waals surface area contributed by atoms with Crippen LogP contribution >= 0.6 is 11.6 Å². The predicted molar refractivity (Wildman–Crippen MR) is 82.9 cm³/mol. The van der Waals surface area contributed by atoms with Crippen molar-refractivity contribution in [2.75, 3.05) is 12.4 Å². The zero-order chi connectivity index (χ0) is 14.9. The molecular formula is C15H20ClNO3S. The zero-order valence-corrected chi connectivity index (χ0v) is 13.4. The van der Waals surface area contributed by atoms with E-state index in [4.69, 9.17) is 16.3 Å². The molecule has 1 saturated carbocycles. The van der Waals surface area contributed by atoms with Crippen LogP contribution < -0.4 is 4.72 Å². The second-order valence-electron chi connectivity index (χ2n) is 5.93. The maximum absolute atomic E-state index is 12.3. The highest BCUT2D eigenvalue weighted by atomic mass is 35.5. The number of hydrogen-bond acceptors (Lipinski definition) is 3. The summed E-state index contributed by atoms with van der Waals surface area (Å²) in [6.45, 7) is 0.757. The fourth-order valence-electron chi connectivity index (χ4n) is 2.85. The van der Waals surface area contributed by atoms with Gasteiger partial charge in [-0.3, -0.25) is 0 Å². The molecule has 3 rings (SSSR count). The lowest BCUT2D eigenvalue weighted by atomic mass is 10.1. The second kappa shape index (κ2) is 5.88. The van der Waals surface area contributed by atoms with Gasteiger partial charge in [-0.1, -0.05) is 23.7 Å². The average Bonchev–Trinajstić information content (AvgIpc) is 3.02. The number of benzene rings is 1. The van der Waals surface area contributed by atoms with Gasteiger partial charge >= 0.3 is 0 Å². The molecule has 1 saturated heterocycles. The molecule has 0 spiro atoms. The highest BCUT2D eigenvalue weighted by Crippen LogP contribution is 2.46. The van der Waals surface area contributed by atoms with Crippen molar-refractivity contribution in [1.82, 2.24) is 4.72 Å². The van der Waals surface area contributed by atoms with Crippen LogP contribution in [0.1, 0.15) is 37.7 Å². The van der Waals surface area contributed by atoms with E-state index in [1.165, 1.54) is 0 Å². The minimum absolute atomic E-state index is 0.104. The Morgan fingerprint density at radius 2 is 2.00 bits per heavy atom. The molecule has 21 heavy (non-hydrogen) atoms. The van der Waals surface area contributed by atoms with E-state index in [1.54, 1.807) is 12.1 Å². The van der Waals surface area contributed by atoms with Gasteiger partial charge in [-0.25, -0.2) is 13.1 Å². The fourth-order valence-corrected chi connectivity index (χ4v) is 4.57. The van der Waals surface area contributed by atoms with Crippen LogP contribution in [0.4, 0.5) is 0 Å². The maximum Gasteiger partial charge on any atom is 0.212 e. The summed E-state index contributed by atoms with van der Waals surface area (Å²) in [6.07, 6.45) is 4.37. The summed E-state index contributed by atoms with van der Waals surface area (Å²) in [4.78, 5) is 0. The number of nitrogens with one attached hydrogen (secondary N) is 1. The van der Waals surface area contributed by atoms with E-state index < -0.39 is 15.6 Å². The molecule has 1 aromatic carbocycles. The van der Waals surface area contributed by atoms with Crippen LogP contribution in [0.15, 0.2) is 24.3 Å². The largest absolute Gasteiger partial charge is 0.378 e. The molecule has 0 bridgehead atoms. The van der Waals surface area contributed by atoms with E-state index in [0.717, 1.165) is 37.9 Å². The zero-order valence-electron chi connectivity index (χ0n) is 11.8. The molecule has 2 fully saturated rings. The molecular weight excluding hydrogens is 310 g/mol. The van der Waals surface area contributed by atoms with Crippen LogP contribution in [0.5, 0.6) is 0 Å². The lowest BCUT2D eigenvalue weighted by molar-refractivity contribution is 0.108. The first-order valence-electron chi connectivity index (χ1n) is 7.38. The van der Waals surface area contributed by atoms with Crippen molar-refractivity contribution < 1.29 is 13.2 Å². The minimum Gasteiger partial charge on any atom is -0.378 e. The third-order valence-electron chi connectivity index (χ3n) is 4.23. The molecule has 1 atom stereocenters. The molecule has 1 N–H and O–H groups in total. The van der Waals surface area contributed by atoms with E-state index in [-0.39, 0.29) is 11.9 Å². The van der Waals surface area contributed by atoms with Crippen LogP contribution in [0, 0.1) is 0 Å². The Kier molecular flexibility index (Phi) is 4.28.